The van der Waals surface area contributed by atoms with E-state index in [9.17, 15) is 18.4 Å². The smallest absolute Gasteiger partial charge is 0.258 e. The Bertz CT molecular complexity index is 785. The Labute approximate surface area is 144 Å². The second-order valence-corrected chi connectivity index (χ2v) is 6.04. The molecule has 3 rings (SSSR count). The Balaban J connectivity index is 1.63. The van der Waals surface area contributed by atoms with Crippen LogP contribution in [0.4, 0.5) is 14.5 Å². The molecule has 130 valence electrons. The zero-order valence-corrected chi connectivity index (χ0v) is 13.6. The predicted octanol–water partition coefficient (Wildman–Crippen LogP) is 3.38. The monoisotopic (exact) mass is 344 g/mol. The first-order valence-electron chi connectivity index (χ1n) is 8.16. The van der Waals surface area contributed by atoms with Crippen molar-refractivity contribution in [1.29, 1.82) is 0 Å². The maximum Gasteiger partial charge on any atom is 0.258 e. The minimum Gasteiger partial charge on any atom is -0.342 e. The number of nitrogens with one attached hydrogen (secondary N) is 1. The molecular formula is C19H18F2N2O2. The molecule has 4 nitrogen and oxygen atoms in total. The number of anilines is 1. The van der Waals surface area contributed by atoms with Crippen molar-refractivity contribution in [3.8, 4) is 0 Å². The number of likely N-dealkylation sites (tertiary alicyclic amines) is 1. The SMILES string of the molecule is O=C(Nc1ccc(CC(=O)N2CCCC2)cc1)c1cc(F)ccc1F. The van der Waals surface area contributed by atoms with Crippen LogP contribution in [0.25, 0.3) is 0 Å². The number of carbonyl (C=O) groups excluding carboxylic acids is 2. The maximum atomic E-state index is 13.6. The van der Waals surface area contributed by atoms with E-state index in [1.165, 1.54) is 0 Å². The molecule has 0 aromatic heterocycles. The van der Waals surface area contributed by atoms with Gasteiger partial charge in [0.05, 0.1) is 12.0 Å². The minimum atomic E-state index is -0.785. The fourth-order valence-electron chi connectivity index (χ4n) is 2.83. The molecule has 1 saturated heterocycles. The lowest BCUT2D eigenvalue weighted by Crippen LogP contribution is -2.29. The third-order valence-corrected chi connectivity index (χ3v) is 4.20. The van der Waals surface area contributed by atoms with E-state index in [0.29, 0.717) is 12.1 Å². The normalized spacial score (nSPS) is 13.8. The van der Waals surface area contributed by atoms with E-state index < -0.39 is 17.5 Å². The van der Waals surface area contributed by atoms with Crippen LogP contribution >= 0.6 is 0 Å². The van der Waals surface area contributed by atoms with Gasteiger partial charge in [0.25, 0.3) is 5.91 Å². The van der Waals surface area contributed by atoms with Crippen molar-refractivity contribution in [2.75, 3.05) is 18.4 Å². The summed E-state index contributed by atoms with van der Waals surface area (Å²) in [6, 6.07) is 9.49. The average Bonchev–Trinajstić information content (AvgIpc) is 3.13. The van der Waals surface area contributed by atoms with Crippen LogP contribution in [0.1, 0.15) is 28.8 Å². The summed E-state index contributed by atoms with van der Waals surface area (Å²) in [7, 11) is 0. The van der Waals surface area contributed by atoms with E-state index in [0.717, 1.165) is 49.7 Å². The van der Waals surface area contributed by atoms with Crippen molar-refractivity contribution in [3.05, 3.63) is 65.2 Å². The molecule has 1 heterocycles. The van der Waals surface area contributed by atoms with Gasteiger partial charge in [-0.15, -0.1) is 0 Å². The second-order valence-electron chi connectivity index (χ2n) is 6.04. The molecule has 0 aliphatic carbocycles. The highest BCUT2D eigenvalue weighted by Gasteiger charge is 2.18. The molecule has 2 aromatic rings. The molecule has 25 heavy (non-hydrogen) atoms. The molecule has 2 aromatic carbocycles. The first-order chi connectivity index (χ1) is 12.0. The van der Waals surface area contributed by atoms with Gasteiger partial charge in [0.1, 0.15) is 11.6 Å². The first kappa shape index (κ1) is 17.1. The molecule has 0 saturated carbocycles. The standard InChI is InChI=1S/C19H18F2N2O2/c20-14-5-8-17(21)16(12-14)19(25)22-15-6-3-13(4-7-15)11-18(24)23-9-1-2-10-23/h3-8,12H,1-2,9-11H2,(H,22,25). The number of amides is 2. The number of nitrogens with zero attached hydrogens (tertiary/aromatic N) is 1. The van der Waals surface area contributed by atoms with E-state index in [4.69, 9.17) is 0 Å². The molecule has 0 spiro atoms. The van der Waals surface area contributed by atoms with Crippen molar-refractivity contribution < 1.29 is 18.4 Å². The molecular weight excluding hydrogens is 326 g/mol. The molecule has 0 atom stereocenters. The molecule has 0 radical (unpaired) electrons. The number of halogens is 2. The quantitative estimate of drug-likeness (QED) is 0.924. The zero-order chi connectivity index (χ0) is 17.8. The molecule has 0 bridgehead atoms. The van der Waals surface area contributed by atoms with Gasteiger partial charge < -0.3 is 10.2 Å². The topological polar surface area (TPSA) is 49.4 Å². The fourth-order valence-corrected chi connectivity index (χ4v) is 2.83. The predicted molar refractivity (Wildman–Crippen MR) is 90.3 cm³/mol. The van der Waals surface area contributed by atoms with Crippen LogP contribution in [-0.4, -0.2) is 29.8 Å². The summed E-state index contributed by atoms with van der Waals surface area (Å²) in [4.78, 5) is 26.0. The number of benzene rings is 2. The lowest BCUT2D eigenvalue weighted by molar-refractivity contribution is -0.129. The van der Waals surface area contributed by atoms with E-state index in [2.05, 4.69) is 5.32 Å². The summed E-state index contributed by atoms with van der Waals surface area (Å²) >= 11 is 0. The Kier molecular flexibility index (Phi) is 5.07. The van der Waals surface area contributed by atoms with Crippen molar-refractivity contribution in [2.24, 2.45) is 0 Å². The number of hydrogen-bond donors (Lipinski definition) is 1. The molecule has 2 amide bonds. The van der Waals surface area contributed by atoms with Crippen LogP contribution < -0.4 is 5.32 Å². The van der Waals surface area contributed by atoms with E-state index >= 15 is 0 Å². The van der Waals surface area contributed by atoms with Crippen LogP contribution in [0.5, 0.6) is 0 Å². The van der Waals surface area contributed by atoms with E-state index in [1.54, 1.807) is 24.3 Å². The van der Waals surface area contributed by atoms with Crippen molar-refractivity contribution in [3.63, 3.8) is 0 Å². The molecule has 0 unspecified atom stereocenters. The van der Waals surface area contributed by atoms with Crippen molar-refractivity contribution in [2.45, 2.75) is 19.3 Å². The highest BCUT2D eigenvalue weighted by atomic mass is 19.1. The Morgan fingerprint density at radius 3 is 2.36 bits per heavy atom. The third-order valence-electron chi connectivity index (χ3n) is 4.20. The molecule has 1 fully saturated rings. The van der Waals surface area contributed by atoms with E-state index in [1.807, 2.05) is 4.90 Å². The molecule has 1 N–H and O–H groups in total. The van der Waals surface area contributed by atoms with Gasteiger partial charge in [-0.1, -0.05) is 12.1 Å². The van der Waals surface area contributed by atoms with Crippen molar-refractivity contribution >= 4 is 17.5 Å². The van der Waals surface area contributed by atoms with Crippen LogP contribution in [0.2, 0.25) is 0 Å². The summed E-state index contributed by atoms with van der Waals surface area (Å²) in [6.45, 7) is 1.62. The third kappa shape index (κ3) is 4.21. The minimum absolute atomic E-state index is 0.0936. The highest BCUT2D eigenvalue weighted by molar-refractivity contribution is 6.04. The molecule has 1 aliphatic rings. The second kappa shape index (κ2) is 7.42. The van der Waals surface area contributed by atoms with Crippen LogP contribution in [0, 0.1) is 11.6 Å². The lowest BCUT2D eigenvalue weighted by atomic mass is 10.1. The Morgan fingerprint density at radius 2 is 1.68 bits per heavy atom. The average molecular weight is 344 g/mol. The van der Waals surface area contributed by atoms with Gasteiger partial charge in [-0.2, -0.15) is 0 Å². The number of rotatable bonds is 4. The summed E-state index contributed by atoms with van der Waals surface area (Å²) in [6.07, 6.45) is 2.41. The van der Waals surface area contributed by atoms with Gasteiger partial charge >= 0.3 is 0 Å². The summed E-state index contributed by atoms with van der Waals surface area (Å²) in [5.74, 6) is -2.09. The highest BCUT2D eigenvalue weighted by Crippen LogP contribution is 2.16. The number of hydrogen-bond acceptors (Lipinski definition) is 2. The Morgan fingerprint density at radius 1 is 1.00 bits per heavy atom. The van der Waals surface area contributed by atoms with E-state index in [-0.39, 0.29) is 11.5 Å². The van der Waals surface area contributed by atoms with Crippen molar-refractivity contribution in [1.82, 2.24) is 4.90 Å². The Hall–Kier alpha value is -2.76. The van der Waals surface area contributed by atoms with Crippen LogP contribution in [0.15, 0.2) is 42.5 Å². The maximum absolute atomic E-state index is 13.6. The van der Waals surface area contributed by atoms with Gasteiger partial charge in [0, 0.05) is 18.8 Å². The van der Waals surface area contributed by atoms with Gasteiger partial charge in [-0.05, 0) is 48.7 Å². The first-order valence-corrected chi connectivity index (χ1v) is 8.16. The summed E-state index contributed by atoms with van der Waals surface area (Å²) in [5, 5.41) is 2.52. The lowest BCUT2D eigenvalue weighted by Gasteiger charge is -2.15. The summed E-state index contributed by atoms with van der Waals surface area (Å²) in [5.41, 5.74) is 0.936. The van der Waals surface area contributed by atoms with Gasteiger partial charge in [-0.25, -0.2) is 8.78 Å². The largest absolute Gasteiger partial charge is 0.342 e. The van der Waals surface area contributed by atoms with Gasteiger partial charge in [-0.3, -0.25) is 9.59 Å². The molecule has 1 aliphatic heterocycles. The van der Waals surface area contributed by atoms with Gasteiger partial charge in [0.2, 0.25) is 5.91 Å². The fraction of sp³-hybridized carbons (Fsp3) is 0.263. The molecule has 6 heteroatoms. The summed E-state index contributed by atoms with van der Waals surface area (Å²) < 4.78 is 26.8. The number of carbonyl (C=O) groups is 2. The van der Waals surface area contributed by atoms with Gasteiger partial charge in [0.15, 0.2) is 0 Å². The van der Waals surface area contributed by atoms with Crippen LogP contribution in [-0.2, 0) is 11.2 Å². The van der Waals surface area contributed by atoms with Crippen LogP contribution in [0.3, 0.4) is 0 Å². The zero-order valence-electron chi connectivity index (χ0n) is 13.6.